The molecule has 34 heavy (non-hydrogen) atoms. The van der Waals surface area contributed by atoms with Gasteiger partial charge in [0.2, 0.25) is 5.96 Å². The standard InChI is InChI=1S/C24H19ClN6O2S/c25-18-8-12-20(13-9-18)34(32,33)30-19-10-6-17(7-11-19)15-31(16-26)24(27)29-23-5-1-4-22-21(23)3-2-14-28-22/h1-14,30H,15H2,(H2,27,29). The molecule has 0 radical (unpaired) electrons. The average molecular weight is 491 g/mol. The number of nitrogens with two attached hydrogens (primary N) is 1. The van der Waals surface area contributed by atoms with Gasteiger partial charge in [-0.25, -0.2) is 18.3 Å². The molecule has 0 spiro atoms. The minimum Gasteiger partial charge on any atom is -0.369 e. The van der Waals surface area contributed by atoms with Crippen molar-refractivity contribution in [3.8, 4) is 6.19 Å². The van der Waals surface area contributed by atoms with Crippen LogP contribution >= 0.6 is 11.6 Å². The van der Waals surface area contributed by atoms with Gasteiger partial charge in [0.05, 0.1) is 22.6 Å². The fraction of sp³-hybridized carbons (Fsp3) is 0.0417. The fourth-order valence-electron chi connectivity index (χ4n) is 3.22. The predicted octanol–water partition coefficient (Wildman–Crippen LogP) is 4.62. The molecule has 0 fully saturated rings. The second-order valence-corrected chi connectivity index (χ2v) is 9.38. The van der Waals surface area contributed by atoms with Gasteiger partial charge in [-0.2, -0.15) is 5.26 Å². The van der Waals surface area contributed by atoms with Gasteiger partial charge in [-0.1, -0.05) is 29.8 Å². The molecule has 1 heterocycles. The monoisotopic (exact) mass is 490 g/mol. The van der Waals surface area contributed by atoms with E-state index in [0.29, 0.717) is 16.4 Å². The van der Waals surface area contributed by atoms with E-state index in [0.717, 1.165) is 16.5 Å². The normalized spacial score (nSPS) is 11.7. The number of anilines is 1. The van der Waals surface area contributed by atoms with Crippen LogP contribution in [0.4, 0.5) is 11.4 Å². The van der Waals surface area contributed by atoms with Gasteiger partial charge in [-0.15, -0.1) is 0 Å². The first-order valence-electron chi connectivity index (χ1n) is 10.1. The number of fused-ring (bicyclic) bond motifs is 1. The Morgan fingerprint density at radius 2 is 1.79 bits per heavy atom. The minimum atomic E-state index is -3.75. The number of pyridine rings is 1. The summed E-state index contributed by atoms with van der Waals surface area (Å²) in [5.74, 6) is 0.0337. The van der Waals surface area contributed by atoms with E-state index in [1.165, 1.54) is 29.2 Å². The van der Waals surface area contributed by atoms with Gasteiger partial charge in [0, 0.05) is 22.3 Å². The molecule has 0 saturated carbocycles. The molecule has 170 valence electrons. The molecule has 0 aliphatic heterocycles. The van der Waals surface area contributed by atoms with Crippen LogP contribution in [0.3, 0.4) is 0 Å². The number of hydrogen-bond donors (Lipinski definition) is 2. The summed E-state index contributed by atoms with van der Waals surface area (Å²) < 4.78 is 27.6. The summed E-state index contributed by atoms with van der Waals surface area (Å²) in [6.07, 6.45) is 3.73. The Balaban J connectivity index is 1.49. The van der Waals surface area contributed by atoms with Crippen molar-refractivity contribution in [1.29, 1.82) is 5.26 Å². The number of aromatic nitrogens is 1. The zero-order valence-corrected chi connectivity index (χ0v) is 19.3. The summed E-state index contributed by atoms with van der Waals surface area (Å²) in [5.41, 5.74) is 8.63. The van der Waals surface area contributed by atoms with Gasteiger partial charge in [-0.3, -0.25) is 9.71 Å². The second-order valence-electron chi connectivity index (χ2n) is 7.26. The number of nitrogens with one attached hydrogen (secondary N) is 1. The number of halogens is 1. The highest BCUT2D eigenvalue weighted by atomic mass is 35.5. The summed E-state index contributed by atoms with van der Waals surface area (Å²) in [5, 5.41) is 10.9. The molecule has 1 aromatic heterocycles. The summed E-state index contributed by atoms with van der Waals surface area (Å²) in [4.78, 5) is 10.1. The number of nitriles is 1. The number of aliphatic imine (C=N–C) groups is 1. The van der Waals surface area contributed by atoms with Crippen molar-refractivity contribution in [1.82, 2.24) is 9.88 Å². The maximum Gasteiger partial charge on any atom is 0.261 e. The van der Waals surface area contributed by atoms with Crippen molar-refractivity contribution in [2.24, 2.45) is 10.7 Å². The van der Waals surface area contributed by atoms with E-state index < -0.39 is 10.0 Å². The summed E-state index contributed by atoms with van der Waals surface area (Å²) >= 11 is 5.82. The molecule has 4 rings (SSSR count). The quantitative estimate of drug-likeness (QED) is 0.176. The third-order valence-corrected chi connectivity index (χ3v) is 6.57. The van der Waals surface area contributed by atoms with Gasteiger partial charge in [-0.05, 0) is 66.2 Å². The topological polar surface area (TPSA) is 124 Å². The number of sulfonamides is 1. The Hall–Kier alpha value is -4.13. The van der Waals surface area contributed by atoms with E-state index in [1.54, 1.807) is 36.5 Å². The zero-order chi connectivity index (χ0) is 24.1. The van der Waals surface area contributed by atoms with Crippen LogP contribution < -0.4 is 10.5 Å². The predicted molar refractivity (Wildman–Crippen MR) is 133 cm³/mol. The van der Waals surface area contributed by atoms with E-state index in [2.05, 4.69) is 14.7 Å². The lowest BCUT2D eigenvalue weighted by atomic mass is 10.2. The Bertz CT molecular complexity index is 1490. The average Bonchev–Trinajstić information content (AvgIpc) is 2.84. The first-order chi connectivity index (χ1) is 16.4. The number of hydrogen-bond acceptors (Lipinski definition) is 5. The summed E-state index contributed by atoms with van der Waals surface area (Å²) in [7, 11) is -3.75. The largest absolute Gasteiger partial charge is 0.369 e. The lowest BCUT2D eigenvalue weighted by Gasteiger charge is -2.15. The summed E-state index contributed by atoms with van der Waals surface area (Å²) in [6.45, 7) is 0.166. The molecular weight excluding hydrogens is 472 g/mol. The molecule has 0 saturated heterocycles. The van der Waals surface area contributed by atoms with Crippen molar-refractivity contribution < 1.29 is 8.42 Å². The Morgan fingerprint density at radius 1 is 1.06 bits per heavy atom. The van der Waals surface area contributed by atoms with Crippen LogP contribution in [0.1, 0.15) is 5.56 Å². The van der Waals surface area contributed by atoms with E-state index in [-0.39, 0.29) is 17.4 Å². The van der Waals surface area contributed by atoms with Gasteiger partial charge < -0.3 is 5.73 Å². The van der Waals surface area contributed by atoms with E-state index in [1.807, 2.05) is 30.5 Å². The lowest BCUT2D eigenvalue weighted by Crippen LogP contribution is -2.32. The van der Waals surface area contributed by atoms with Gasteiger partial charge >= 0.3 is 0 Å². The van der Waals surface area contributed by atoms with Crippen LogP contribution in [0.15, 0.2) is 94.9 Å². The molecule has 0 aliphatic rings. The number of rotatable bonds is 6. The highest BCUT2D eigenvalue weighted by molar-refractivity contribution is 7.92. The SMILES string of the molecule is N#CN(Cc1ccc(NS(=O)(=O)c2ccc(Cl)cc2)cc1)C(N)=Nc1cccc2ncccc12. The third kappa shape index (κ3) is 5.26. The van der Waals surface area contributed by atoms with Crippen molar-refractivity contribution in [3.05, 3.63) is 95.6 Å². The van der Waals surface area contributed by atoms with E-state index in [4.69, 9.17) is 17.3 Å². The van der Waals surface area contributed by atoms with Gasteiger partial charge in [0.25, 0.3) is 10.0 Å². The highest BCUT2D eigenvalue weighted by Crippen LogP contribution is 2.24. The van der Waals surface area contributed by atoms with E-state index >= 15 is 0 Å². The lowest BCUT2D eigenvalue weighted by molar-refractivity contribution is 0.565. The number of guanidine groups is 1. The Labute approximate surface area is 202 Å². The second kappa shape index (κ2) is 9.79. The molecule has 3 N–H and O–H groups in total. The third-order valence-electron chi connectivity index (χ3n) is 4.93. The molecule has 0 atom stereocenters. The van der Waals surface area contributed by atoms with Crippen molar-refractivity contribution in [3.63, 3.8) is 0 Å². The van der Waals surface area contributed by atoms with Crippen LogP contribution in [0.5, 0.6) is 0 Å². The van der Waals surface area contributed by atoms with Crippen molar-refractivity contribution >= 4 is 49.9 Å². The Kier molecular flexibility index (Phi) is 6.63. The number of nitrogens with zero attached hydrogens (tertiary/aromatic N) is 4. The molecule has 10 heteroatoms. The van der Waals surface area contributed by atoms with Crippen LogP contribution in [-0.2, 0) is 16.6 Å². The first kappa shape index (κ1) is 23.0. The maximum atomic E-state index is 12.5. The van der Waals surface area contributed by atoms with Gasteiger partial charge in [0.1, 0.15) is 0 Å². The van der Waals surface area contributed by atoms with Crippen molar-refractivity contribution in [2.45, 2.75) is 11.4 Å². The smallest absolute Gasteiger partial charge is 0.261 e. The fourth-order valence-corrected chi connectivity index (χ4v) is 4.41. The van der Waals surface area contributed by atoms with Crippen LogP contribution in [-0.4, -0.2) is 24.3 Å². The van der Waals surface area contributed by atoms with Crippen molar-refractivity contribution in [2.75, 3.05) is 4.72 Å². The molecule has 0 unspecified atom stereocenters. The highest BCUT2D eigenvalue weighted by Gasteiger charge is 2.15. The van der Waals surface area contributed by atoms with Crippen LogP contribution in [0, 0.1) is 11.5 Å². The molecule has 8 nitrogen and oxygen atoms in total. The Morgan fingerprint density at radius 3 is 2.50 bits per heavy atom. The zero-order valence-electron chi connectivity index (χ0n) is 17.8. The molecular formula is C24H19ClN6O2S. The van der Waals surface area contributed by atoms with Crippen LogP contribution in [0.25, 0.3) is 10.9 Å². The molecule has 0 aliphatic carbocycles. The molecule has 0 amide bonds. The summed E-state index contributed by atoms with van der Waals surface area (Å²) in [6, 6.07) is 21.7. The molecule has 3 aromatic carbocycles. The van der Waals surface area contributed by atoms with Gasteiger partial charge in [0.15, 0.2) is 6.19 Å². The molecule has 4 aromatic rings. The minimum absolute atomic E-state index is 0.0337. The van der Waals surface area contributed by atoms with E-state index in [9.17, 15) is 13.7 Å². The maximum absolute atomic E-state index is 12.5. The molecule has 0 bridgehead atoms. The number of benzene rings is 3. The van der Waals surface area contributed by atoms with Crippen LogP contribution in [0.2, 0.25) is 5.02 Å². The first-order valence-corrected chi connectivity index (χ1v) is 11.9.